The molecule has 4 aliphatic heterocycles. The van der Waals surface area contributed by atoms with Crippen molar-refractivity contribution in [2.24, 2.45) is 0 Å². The fourth-order valence-electron chi connectivity index (χ4n) is 9.87. The van der Waals surface area contributed by atoms with Crippen LogP contribution in [0.5, 0.6) is 0 Å². The molecular formula is C52H62Cl8N8O7S2. The SMILES string of the molecule is CN1Cc2c(Cl)cc(Cl)cc2C(c2cc3c(c(Cl)c2Cl)SN(CCOCCOCCNC(=O)NCCCCNC(=O)NCCOCCOCCN2Cc4cc(C5CN(C)Cc6c(Cl)cc(Cl)cc65)c(Cl)c(Cl)c4S2=O)C3)C1. The molecule has 0 saturated heterocycles. The Labute approximate surface area is 497 Å². The Morgan fingerprint density at radius 1 is 0.545 bits per heavy atom. The molecule has 77 heavy (non-hydrogen) atoms. The lowest BCUT2D eigenvalue weighted by atomic mass is 9.84. The van der Waals surface area contributed by atoms with E-state index in [1.807, 2.05) is 29.6 Å². The van der Waals surface area contributed by atoms with Gasteiger partial charge in [-0.05, 0) is 108 Å². The van der Waals surface area contributed by atoms with E-state index in [9.17, 15) is 13.8 Å². The lowest BCUT2D eigenvalue weighted by molar-refractivity contribution is 0.0462. The predicted octanol–water partition coefficient (Wildman–Crippen LogP) is 10.9. The molecule has 4 heterocycles. The molecule has 0 bridgehead atoms. The molecule has 8 rings (SSSR count). The van der Waals surface area contributed by atoms with Crippen molar-refractivity contribution < 1.29 is 32.7 Å². The highest BCUT2D eigenvalue weighted by atomic mass is 35.5. The number of carbonyl (C=O) groups excluding carboxylic acids is 2. The molecule has 0 fully saturated rings. The zero-order valence-electron chi connectivity index (χ0n) is 42.7. The minimum Gasteiger partial charge on any atom is -0.378 e. The van der Waals surface area contributed by atoms with Crippen molar-refractivity contribution in [1.82, 2.24) is 39.7 Å². The third-order valence-corrected chi connectivity index (χ3v) is 19.5. The maximum Gasteiger partial charge on any atom is 0.314 e. The lowest BCUT2D eigenvalue weighted by Crippen LogP contribution is -2.39. The smallest absolute Gasteiger partial charge is 0.314 e. The number of amides is 4. The van der Waals surface area contributed by atoms with E-state index >= 15 is 0 Å². The summed E-state index contributed by atoms with van der Waals surface area (Å²) >= 11 is 55.2. The molecule has 420 valence electrons. The van der Waals surface area contributed by atoms with E-state index in [-0.39, 0.29) is 23.9 Å². The molecule has 4 aromatic rings. The van der Waals surface area contributed by atoms with Gasteiger partial charge in [0, 0.05) is 115 Å². The molecule has 4 aliphatic rings. The van der Waals surface area contributed by atoms with Crippen molar-refractivity contribution in [2.75, 3.05) is 119 Å². The van der Waals surface area contributed by atoms with Crippen LogP contribution in [-0.2, 0) is 56.1 Å². The summed E-state index contributed by atoms with van der Waals surface area (Å²) in [6, 6.07) is 11.1. The number of fused-ring (bicyclic) bond motifs is 4. The van der Waals surface area contributed by atoms with Gasteiger partial charge < -0.3 is 50.0 Å². The van der Waals surface area contributed by atoms with Gasteiger partial charge in [-0.25, -0.2) is 22.4 Å². The van der Waals surface area contributed by atoms with Crippen molar-refractivity contribution in [3.05, 3.63) is 121 Å². The topological polar surface area (TPSA) is 149 Å². The third-order valence-electron chi connectivity index (χ3n) is 13.5. The molecule has 0 radical (unpaired) electrons. The summed E-state index contributed by atoms with van der Waals surface area (Å²) in [5, 5.41) is 15.4. The molecule has 0 saturated carbocycles. The number of urea groups is 2. The first-order valence-electron chi connectivity index (χ1n) is 25.4. The van der Waals surface area contributed by atoms with Gasteiger partial charge in [-0.1, -0.05) is 105 Å². The largest absolute Gasteiger partial charge is 0.378 e. The van der Waals surface area contributed by atoms with Crippen molar-refractivity contribution in [3.63, 3.8) is 0 Å². The van der Waals surface area contributed by atoms with E-state index in [4.69, 9.17) is 112 Å². The van der Waals surface area contributed by atoms with E-state index in [2.05, 4.69) is 48.5 Å². The first-order chi connectivity index (χ1) is 37.1. The second-order valence-electron chi connectivity index (χ2n) is 19.2. The number of rotatable bonds is 25. The Bertz CT molecular complexity index is 2790. The van der Waals surface area contributed by atoms with Crippen LogP contribution in [0.4, 0.5) is 9.59 Å². The monoisotopic (exact) mass is 1250 g/mol. The van der Waals surface area contributed by atoms with E-state index in [1.165, 1.54) is 0 Å². The fraction of sp³-hybridized carbons (Fsp3) is 0.500. The van der Waals surface area contributed by atoms with Gasteiger partial charge in [-0.15, -0.1) is 0 Å². The standard InChI is InChI=1S/C52H62Cl8N8O7S2/c1-65-27-39(35-21-33(53)23-43(55)41(35)29-65)37-19-31-25-67(76-49(31)47(59)45(37)57)9-13-74-17-15-72-11-7-63-51(69)61-5-3-4-6-62-52(70)64-8-12-73-16-18-75-14-10-68-26-32-20-38(46(58)48(60)50(32)77(68)71)40-28-66(2)30-42-36(40)22-34(54)24-44(42)56/h19-24,39-40H,3-18,25-30H2,1-2H3,(H2,61,63,69)(H2,62,64,70). The van der Waals surface area contributed by atoms with Gasteiger partial charge in [0.15, 0.2) is 0 Å². The lowest BCUT2D eigenvalue weighted by Gasteiger charge is -2.34. The Morgan fingerprint density at radius 3 is 1.55 bits per heavy atom. The fourth-order valence-corrected chi connectivity index (χ4v) is 14.8. The number of halogens is 8. The first-order valence-corrected chi connectivity index (χ1v) is 30.3. The highest BCUT2D eigenvalue weighted by Gasteiger charge is 2.36. The summed E-state index contributed by atoms with van der Waals surface area (Å²) in [7, 11) is 2.61. The Kier molecular flexibility index (Phi) is 23.2. The molecule has 0 aliphatic carbocycles. The molecule has 3 unspecified atom stereocenters. The number of unbranched alkanes of at least 4 members (excludes halogenated alkanes) is 1. The van der Waals surface area contributed by atoms with Crippen LogP contribution < -0.4 is 21.3 Å². The zero-order valence-corrected chi connectivity index (χ0v) is 50.3. The summed E-state index contributed by atoms with van der Waals surface area (Å²) in [5.74, 6) is -0.126. The highest BCUT2D eigenvalue weighted by Crippen LogP contribution is 2.50. The molecular weight excluding hydrogens is 1200 g/mol. The van der Waals surface area contributed by atoms with Gasteiger partial charge in [0.1, 0.15) is 11.0 Å². The van der Waals surface area contributed by atoms with Crippen LogP contribution in [0.2, 0.25) is 40.2 Å². The third kappa shape index (κ3) is 15.9. The van der Waals surface area contributed by atoms with Crippen LogP contribution in [0.3, 0.4) is 0 Å². The molecule has 0 aromatic heterocycles. The quantitative estimate of drug-likeness (QED) is 0.0371. The first kappa shape index (κ1) is 61.0. The van der Waals surface area contributed by atoms with Crippen molar-refractivity contribution >= 4 is 128 Å². The normalized spacial score (nSPS) is 18.5. The van der Waals surface area contributed by atoms with Gasteiger partial charge in [0.2, 0.25) is 0 Å². The maximum atomic E-state index is 13.5. The Hall–Kier alpha value is -2.08. The number of benzene rings is 4. The number of hydrogen-bond donors (Lipinski definition) is 4. The number of nitrogens with zero attached hydrogens (tertiary/aromatic N) is 4. The second-order valence-corrected chi connectivity index (χ2v) is 24.9. The predicted molar refractivity (Wildman–Crippen MR) is 311 cm³/mol. The highest BCUT2D eigenvalue weighted by molar-refractivity contribution is 7.97. The van der Waals surface area contributed by atoms with Gasteiger partial charge in [-0.3, -0.25) is 0 Å². The summed E-state index contributed by atoms with van der Waals surface area (Å²) in [4.78, 5) is 30.3. The minimum absolute atomic E-state index is 0.0157. The number of likely N-dealkylation sites (N-methyl/N-ethyl adjacent to an activating group) is 2. The molecule has 4 N–H and O–H groups in total. The second kappa shape index (κ2) is 29.3. The summed E-state index contributed by atoms with van der Waals surface area (Å²) in [5.41, 5.74) is 7.99. The molecule has 4 amide bonds. The summed E-state index contributed by atoms with van der Waals surface area (Å²) in [6.07, 6.45) is 1.38. The molecule has 4 aromatic carbocycles. The van der Waals surface area contributed by atoms with E-state index in [0.29, 0.717) is 176 Å². The van der Waals surface area contributed by atoms with Gasteiger partial charge in [0.25, 0.3) is 0 Å². The number of ether oxygens (including phenoxy) is 4. The van der Waals surface area contributed by atoms with Gasteiger partial charge in [0.05, 0.1) is 77.8 Å². The number of hydrogen-bond acceptors (Lipinski definition) is 11. The van der Waals surface area contributed by atoms with E-state index < -0.39 is 11.0 Å². The van der Waals surface area contributed by atoms with E-state index in [0.717, 1.165) is 62.5 Å². The van der Waals surface area contributed by atoms with E-state index in [1.54, 1.807) is 24.1 Å². The zero-order chi connectivity index (χ0) is 54.8. The summed E-state index contributed by atoms with van der Waals surface area (Å²) in [6.45, 7) is 9.77. The Balaban J connectivity index is 0.595. The average Bonchev–Trinajstić information content (AvgIpc) is 4.08. The van der Waals surface area contributed by atoms with Crippen molar-refractivity contribution in [3.8, 4) is 0 Å². The Morgan fingerprint density at radius 2 is 1.01 bits per heavy atom. The number of carbonyl (C=O) groups is 2. The van der Waals surface area contributed by atoms with Crippen LogP contribution in [0.25, 0.3) is 0 Å². The van der Waals surface area contributed by atoms with Crippen LogP contribution in [0, 0.1) is 0 Å². The molecule has 0 spiro atoms. The van der Waals surface area contributed by atoms with Crippen LogP contribution in [-0.4, -0.2) is 154 Å². The van der Waals surface area contributed by atoms with Crippen LogP contribution >= 0.6 is 105 Å². The van der Waals surface area contributed by atoms with Crippen molar-refractivity contribution in [1.29, 1.82) is 0 Å². The minimum atomic E-state index is -1.49. The molecule has 15 nitrogen and oxygen atoms in total. The van der Waals surface area contributed by atoms with Gasteiger partial charge >= 0.3 is 12.1 Å². The average molecular weight is 1260 g/mol. The van der Waals surface area contributed by atoms with Crippen LogP contribution in [0.15, 0.2) is 46.2 Å². The number of nitrogens with one attached hydrogen (secondary N) is 4. The van der Waals surface area contributed by atoms with Gasteiger partial charge in [-0.2, -0.15) is 0 Å². The maximum absolute atomic E-state index is 13.5. The summed E-state index contributed by atoms with van der Waals surface area (Å²) < 4.78 is 40.4. The molecule has 3 atom stereocenters. The van der Waals surface area contributed by atoms with Crippen molar-refractivity contribution in [2.45, 2.75) is 60.6 Å². The molecule has 25 heteroatoms. The van der Waals surface area contributed by atoms with Crippen LogP contribution in [0.1, 0.15) is 69.2 Å².